The van der Waals surface area contributed by atoms with E-state index in [-0.39, 0.29) is 23.5 Å². The molecule has 0 bridgehead atoms. The number of hydrogen-bond acceptors (Lipinski definition) is 4. The third-order valence-corrected chi connectivity index (χ3v) is 4.88. The van der Waals surface area contributed by atoms with Crippen molar-refractivity contribution in [2.45, 2.75) is 6.42 Å². The minimum Gasteiger partial charge on any atom is -0.494 e. The molecule has 0 aromatic heterocycles. The molecule has 23 heavy (non-hydrogen) atoms. The van der Waals surface area contributed by atoms with Gasteiger partial charge in [-0.3, -0.25) is 4.79 Å². The first-order chi connectivity index (χ1) is 11.1. The molecule has 2 aliphatic heterocycles. The maximum absolute atomic E-state index is 13.7. The van der Waals surface area contributed by atoms with E-state index in [0.717, 1.165) is 0 Å². The van der Waals surface area contributed by atoms with Crippen LogP contribution in [0.4, 0.5) is 4.39 Å². The lowest BCUT2D eigenvalue weighted by Gasteiger charge is -2.26. The van der Waals surface area contributed by atoms with Gasteiger partial charge in [-0.25, -0.2) is 4.39 Å². The molecule has 0 unspecified atom stereocenters. The van der Waals surface area contributed by atoms with Gasteiger partial charge in [0.25, 0.3) is 0 Å². The summed E-state index contributed by atoms with van der Waals surface area (Å²) in [6.07, 6.45) is 0.192. The number of ether oxygens (including phenoxy) is 3. The minimum atomic E-state index is -0.444. The summed E-state index contributed by atoms with van der Waals surface area (Å²) in [6.45, 7) is 3.22. The van der Waals surface area contributed by atoms with Crippen LogP contribution in [-0.4, -0.2) is 57.9 Å². The molecule has 2 heterocycles. The van der Waals surface area contributed by atoms with Crippen LogP contribution >= 0.6 is 0 Å². The highest BCUT2D eigenvalue weighted by Crippen LogP contribution is 2.41. The van der Waals surface area contributed by atoms with Crippen LogP contribution in [-0.2, 0) is 20.7 Å². The first-order valence-electron chi connectivity index (χ1n) is 7.75. The summed E-state index contributed by atoms with van der Waals surface area (Å²) in [5, 5.41) is 0. The number of carbonyl (C=O) groups excluding carboxylic acids is 1. The van der Waals surface area contributed by atoms with Crippen LogP contribution < -0.4 is 4.74 Å². The number of fused-ring (bicyclic) bond motifs is 1. The smallest absolute Gasteiger partial charge is 0.227 e. The summed E-state index contributed by atoms with van der Waals surface area (Å²) < 4.78 is 29.6. The zero-order valence-electron chi connectivity index (χ0n) is 13.5. The lowest BCUT2D eigenvalue weighted by atomic mass is 9.82. The maximum atomic E-state index is 13.7. The molecule has 6 heteroatoms. The number of nitrogens with zero attached hydrogens (tertiary/aromatic N) is 1. The number of likely N-dealkylation sites (tertiary alicyclic amines) is 1. The highest BCUT2D eigenvalue weighted by atomic mass is 19.1. The van der Waals surface area contributed by atoms with Crippen LogP contribution in [0.1, 0.15) is 5.56 Å². The van der Waals surface area contributed by atoms with Crippen molar-refractivity contribution in [1.29, 1.82) is 0 Å². The van der Waals surface area contributed by atoms with Crippen LogP contribution in [0, 0.1) is 17.2 Å². The van der Waals surface area contributed by atoms with Gasteiger partial charge in [-0.05, 0) is 17.7 Å². The van der Waals surface area contributed by atoms with Gasteiger partial charge in [0.05, 0.1) is 33.4 Å². The highest BCUT2D eigenvalue weighted by Gasteiger charge is 2.51. The quantitative estimate of drug-likeness (QED) is 0.824. The number of amides is 1. The van der Waals surface area contributed by atoms with Crippen molar-refractivity contribution in [2.75, 3.05) is 47.1 Å². The maximum Gasteiger partial charge on any atom is 0.227 e. The van der Waals surface area contributed by atoms with E-state index in [9.17, 15) is 9.18 Å². The van der Waals surface area contributed by atoms with Gasteiger partial charge in [0.15, 0.2) is 11.6 Å². The van der Waals surface area contributed by atoms with E-state index in [2.05, 4.69) is 0 Å². The Bertz CT molecular complexity index is 594. The van der Waals surface area contributed by atoms with Crippen molar-refractivity contribution in [2.24, 2.45) is 11.3 Å². The molecule has 0 saturated carbocycles. The lowest BCUT2D eigenvalue weighted by molar-refractivity contribution is -0.130. The molecule has 1 aromatic rings. The molecule has 5 nitrogen and oxygen atoms in total. The molecule has 0 radical (unpaired) electrons. The molecular formula is C17H22FNO4. The SMILES string of the molecule is COC[C@@]12COC[C@@H]1CN(C(=O)Cc1ccc(OC)c(F)c1)C2. The number of methoxy groups -OCH3 is 2. The average Bonchev–Trinajstić information content (AvgIpc) is 3.04. The summed E-state index contributed by atoms with van der Waals surface area (Å²) in [4.78, 5) is 14.4. The summed E-state index contributed by atoms with van der Waals surface area (Å²) >= 11 is 0. The molecule has 1 amide bonds. The van der Waals surface area contributed by atoms with Gasteiger partial charge >= 0.3 is 0 Å². The normalized spacial score (nSPS) is 26.4. The van der Waals surface area contributed by atoms with Crippen molar-refractivity contribution >= 4 is 5.91 Å². The fraction of sp³-hybridized carbons (Fsp3) is 0.588. The molecular weight excluding hydrogens is 301 g/mol. The second-order valence-corrected chi connectivity index (χ2v) is 6.43. The standard InChI is InChI=1S/C17H22FNO4/c1-21-10-17-9-19(7-13(17)8-23-11-17)16(20)6-12-3-4-15(22-2)14(18)5-12/h3-5,13H,6-11H2,1-2H3/t13-,17-/m0/s1. The number of halogens is 1. The van der Waals surface area contributed by atoms with Gasteiger partial charge in [-0.15, -0.1) is 0 Å². The monoisotopic (exact) mass is 323 g/mol. The Hall–Kier alpha value is -1.66. The van der Waals surface area contributed by atoms with Gasteiger partial charge in [0.1, 0.15) is 0 Å². The molecule has 3 rings (SSSR count). The summed E-state index contributed by atoms with van der Waals surface area (Å²) in [5.74, 6) is 0.0758. The Kier molecular flexibility index (Phi) is 4.55. The molecule has 0 spiro atoms. The van der Waals surface area contributed by atoms with Crippen LogP contribution in [0.5, 0.6) is 5.75 Å². The summed E-state index contributed by atoms with van der Waals surface area (Å²) in [6, 6.07) is 4.64. The summed E-state index contributed by atoms with van der Waals surface area (Å²) in [7, 11) is 3.10. The van der Waals surface area contributed by atoms with E-state index in [0.29, 0.717) is 44.4 Å². The van der Waals surface area contributed by atoms with E-state index in [1.807, 2.05) is 4.90 Å². The van der Waals surface area contributed by atoms with Crippen LogP contribution in [0.3, 0.4) is 0 Å². The Morgan fingerprint density at radius 3 is 3.00 bits per heavy atom. The number of benzene rings is 1. The number of rotatable bonds is 5. The first kappa shape index (κ1) is 16.2. The van der Waals surface area contributed by atoms with Gasteiger partial charge in [-0.2, -0.15) is 0 Å². The van der Waals surface area contributed by atoms with E-state index in [1.54, 1.807) is 19.2 Å². The zero-order chi connectivity index (χ0) is 16.4. The van der Waals surface area contributed by atoms with Crippen molar-refractivity contribution in [1.82, 2.24) is 4.90 Å². The van der Waals surface area contributed by atoms with Gasteiger partial charge < -0.3 is 19.1 Å². The van der Waals surface area contributed by atoms with E-state index < -0.39 is 5.82 Å². The van der Waals surface area contributed by atoms with E-state index in [4.69, 9.17) is 14.2 Å². The Morgan fingerprint density at radius 2 is 2.30 bits per heavy atom. The van der Waals surface area contributed by atoms with Crippen molar-refractivity contribution < 1.29 is 23.4 Å². The molecule has 2 atom stereocenters. The number of carbonyl (C=O) groups is 1. The minimum absolute atomic E-state index is 0.0134. The predicted molar refractivity (Wildman–Crippen MR) is 81.9 cm³/mol. The average molecular weight is 323 g/mol. The first-order valence-corrected chi connectivity index (χ1v) is 7.75. The van der Waals surface area contributed by atoms with Gasteiger partial charge in [-0.1, -0.05) is 6.07 Å². The molecule has 2 saturated heterocycles. The third kappa shape index (κ3) is 3.05. The number of hydrogen-bond donors (Lipinski definition) is 0. The second-order valence-electron chi connectivity index (χ2n) is 6.43. The van der Waals surface area contributed by atoms with E-state index >= 15 is 0 Å². The van der Waals surface area contributed by atoms with Crippen LogP contribution in [0.2, 0.25) is 0 Å². The van der Waals surface area contributed by atoms with Crippen LogP contribution in [0.15, 0.2) is 18.2 Å². The zero-order valence-corrected chi connectivity index (χ0v) is 13.5. The summed E-state index contributed by atoms with van der Waals surface area (Å²) in [5.41, 5.74) is 0.567. The van der Waals surface area contributed by atoms with Crippen molar-refractivity contribution in [3.8, 4) is 5.75 Å². The molecule has 2 fully saturated rings. The fourth-order valence-electron chi connectivity index (χ4n) is 3.62. The fourth-order valence-corrected chi connectivity index (χ4v) is 3.62. The predicted octanol–water partition coefficient (Wildman–Crippen LogP) is 1.50. The lowest BCUT2D eigenvalue weighted by Crippen LogP contribution is -2.37. The second kappa shape index (κ2) is 6.45. The third-order valence-electron chi connectivity index (χ3n) is 4.88. The molecule has 126 valence electrons. The van der Waals surface area contributed by atoms with E-state index in [1.165, 1.54) is 13.2 Å². The Balaban J connectivity index is 1.66. The highest BCUT2D eigenvalue weighted by molar-refractivity contribution is 5.79. The molecule has 2 aliphatic rings. The topological polar surface area (TPSA) is 48.0 Å². The molecule has 1 aromatic carbocycles. The van der Waals surface area contributed by atoms with Crippen molar-refractivity contribution in [3.63, 3.8) is 0 Å². The van der Waals surface area contributed by atoms with Gasteiger partial charge in [0, 0.05) is 31.5 Å². The molecule has 0 N–H and O–H groups in total. The molecule has 0 aliphatic carbocycles. The Labute approximate surface area is 135 Å². The Morgan fingerprint density at radius 1 is 1.48 bits per heavy atom. The van der Waals surface area contributed by atoms with Crippen LogP contribution in [0.25, 0.3) is 0 Å². The van der Waals surface area contributed by atoms with Gasteiger partial charge in [0.2, 0.25) is 5.91 Å². The van der Waals surface area contributed by atoms with Crippen molar-refractivity contribution in [3.05, 3.63) is 29.6 Å². The largest absolute Gasteiger partial charge is 0.494 e.